The summed E-state index contributed by atoms with van der Waals surface area (Å²) >= 11 is 0. The van der Waals surface area contributed by atoms with Crippen molar-refractivity contribution in [1.82, 2.24) is 5.32 Å². The number of amides is 1. The van der Waals surface area contributed by atoms with Gasteiger partial charge in [0.25, 0.3) is 15.9 Å². The minimum absolute atomic E-state index is 0.0390. The number of hydrogen-bond acceptors (Lipinski definition) is 4. The first-order valence-corrected chi connectivity index (χ1v) is 11.0. The summed E-state index contributed by atoms with van der Waals surface area (Å²) in [4.78, 5) is 12.4. The Hall–Kier alpha value is -3.39. The number of nitrogens with one attached hydrogen (secondary N) is 1. The molecule has 0 aliphatic heterocycles. The molecule has 0 saturated heterocycles. The van der Waals surface area contributed by atoms with E-state index < -0.39 is 21.7 Å². The van der Waals surface area contributed by atoms with Crippen LogP contribution in [0.5, 0.6) is 5.75 Å². The van der Waals surface area contributed by atoms with E-state index in [2.05, 4.69) is 5.32 Å². The summed E-state index contributed by atoms with van der Waals surface area (Å²) in [7, 11) is -2.55. The predicted molar refractivity (Wildman–Crippen MR) is 117 cm³/mol. The molecule has 162 valence electrons. The van der Waals surface area contributed by atoms with Crippen LogP contribution in [0.1, 0.15) is 15.9 Å². The summed E-state index contributed by atoms with van der Waals surface area (Å²) < 4.78 is 45.6. The van der Waals surface area contributed by atoms with Gasteiger partial charge in [0.05, 0.1) is 17.1 Å². The van der Waals surface area contributed by atoms with Gasteiger partial charge in [0, 0.05) is 12.6 Å². The van der Waals surface area contributed by atoms with E-state index in [1.807, 2.05) is 31.2 Å². The minimum Gasteiger partial charge on any atom is -0.492 e. The van der Waals surface area contributed by atoms with Crippen LogP contribution in [0.4, 0.5) is 10.1 Å². The third-order valence-electron chi connectivity index (χ3n) is 4.62. The number of carbonyl (C=O) groups excluding carboxylic acids is 1. The first-order valence-electron chi connectivity index (χ1n) is 9.59. The largest absolute Gasteiger partial charge is 0.492 e. The Morgan fingerprint density at radius 3 is 2.39 bits per heavy atom. The van der Waals surface area contributed by atoms with Crippen molar-refractivity contribution in [2.45, 2.75) is 11.8 Å². The van der Waals surface area contributed by atoms with Crippen LogP contribution in [0.2, 0.25) is 0 Å². The SMILES string of the molecule is Cc1ccc(OCCNC(=O)c2cccc(S(=O)(=O)N(C)c3ccc(F)cc3)c2)cc1. The molecule has 8 heteroatoms. The number of carbonyl (C=O) groups is 1. The maximum Gasteiger partial charge on any atom is 0.264 e. The number of hydrogen-bond donors (Lipinski definition) is 1. The molecule has 0 bridgehead atoms. The van der Waals surface area contributed by atoms with Gasteiger partial charge in [0.2, 0.25) is 0 Å². The maximum absolute atomic E-state index is 13.1. The number of sulfonamides is 1. The number of ether oxygens (including phenoxy) is 1. The van der Waals surface area contributed by atoms with Crippen molar-refractivity contribution in [3.8, 4) is 5.75 Å². The van der Waals surface area contributed by atoms with Crippen LogP contribution in [0, 0.1) is 12.7 Å². The van der Waals surface area contributed by atoms with Crippen molar-refractivity contribution < 1.29 is 22.3 Å². The molecule has 1 amide bonds. The fourth-order valence-corrected chi connectivity index (χ4v) is 4.06. The summed E-state index contributed by atoms with van der Waals surface area (Å²) in [5.74, 6) is -0.162. The maximum atomic E-state index is 13.1. The highest BCUT2D eigenvalue weighted by atomic mass is 32.2. The monoisotopic (exact) mass is 442 g/mol. The average Bonchev–Trinajstić information content (AvgIpc) is 2.78. The van der Waals surface area contributed by atoms with Crippen LogP contribution >= 0.6 is 0 Å². The lowest BCUT2D eigenvalue weighted by Crippen LogP contribution is -2.29. The van der Waals surface area contributed by atoms with Crippen molar-refractivity contribution in [2.75, 3.05) is 24.5 Å². The second-order valence-electron chi connectivity index (χ2n) is 6.89. The van der Waals surface area contributed by atoms with Gasteiger partial charge in [-0.3, -0.25) is 9.10 Å². The van der Waals surface area contributed by atoms with Gasteiger partial charge in [-0.25, -0.2) is 12.8 Å². The molecule has 0 saturated carbocycles. The van der Waals surface area contributed by atoms with Crippen LogP contribution in [-0.2, 0) is 10.0 Å². The van der Waals surface area contributed by atoms with Crippen LogP contribution in [0.15, 0.2) is 77.7 Å². The number of anilines is 1. The Morgan fingerprint density at radius 2 is 1.71 bits per heavy atom. The van der Waals surface area contributed by atoms with Crippen molar-refractivity contribution in [1.29, 1.82) is 0 Å². The molecule has 6 nitrogen and oxygen atoms in total. The average molecular weight is 443 g/mol. The fraction of sp³-hybridized carbons (Fsp3) is 0.174. The van der Waals surface area contributed by atoms with E-state index in [4.69, 9.17) is 4.74 Å². The molecule has 0 radical (unpaired) electrons. The van der Waals surface area contributed by atoms with Crippen LogP contribution in [0.25, 0.3) is 0 Å². The lowest BCUT2D eigenvalue weighted by atomic mass is 10.2. The molecule has 3 aromatic rings. The Morgan fingerprint density at radius 1 is 1.03 bits per heavy atom. The molecule has 1 N–H and O–H groups in total. The highest BCUT2D eigenvalue weighted by molar-refractivity contribution is 7.92. The van der Waals surface area contributed by atoms with Crippen LogP contribution < -0.4 is 14.4 Å². The second kappa shape index (κ2) is 9.61. The van der Waals surface area contributed by atoms with Gasteiger partial charge in [0.1, 0.15) is 18.2 Å². The number of rotatable bonds is 8. The summed E-state index contributed by atoms with van der Waals surface area (Å²) in [6.07, 6.45) is 0. The van der Waals surface area contributed by atoms with Crippen LogP contribution in [-0.4, -0.2) is 34.5 Å². The molecule has 3 aromatic carbocycles. The number of aryl methyl sites for hydroxylation is 1. The highest BCUT2D eigenvalue weighted by Gasteiger charge is 2.22. The van der Waals surface area contributed by atoms with Gasteiger partial charge in [-0.05, 0) is 61.5 Å². The van der Waals surface area contributed by atoms with E-state index in [0.717, 1.165) is 9.87 Å². The molecule has 0 atom stereocenters. The molecule has 0 heterocycles. The minimum atomic E-state index is -3.92. The molecule has 0 aliphatic carbocycles. The Labute approximate surface area is 181 Å². The zero-order chi connectivity index (χ0) is 22.4. The molecule has 0 spiro atoms. The zero-order valence-electron chi connectivity index (χ0n) is 17.2. The van der Waals surface area contributed by atoms with Gasteiger partial charge in [0.15, 0.2) is 0 Å². The van der Waals surface area contributed by atoms with Gasteiger partial charge < -0.3 is 10.1 Å². The third-order valence-corrected chi connectivity index (χ3v) is 6.40. The standard InChI is InChI=1S/C23H23FN2O4S/c1-17-6-12-21(13-7-17)30-15-14-25-23(27)18-4-3-5-22(16-18)31(28,29)26(2)20-10-8-19(24)9-11-20/h3-13,16H,14-15H2,1-2H3,(H,25,27). The molecule has 0 fully saturated rings. The van der Waals surface area contributed by atoms with Crippen molar-refractivity contribution in [3.05, 3.63) is 89.7 Å². The normalized spacial score (nSPS) is 11.1. The van der Waals surface area contributed by atoms with Gasteiger partial charge in [-0.1, -0.05) is 23.8 Å². The zero-order valence-corrected chi connectivity index (χ0v) is 18.0. The van der Waals surface area contributed by atoms with Crippen molar-refractivity contribution in [2.24, 2.45) is 0 Å². The number of halogens is 1. The predicted octanol–water partition coefficient (Wildman–Crippen LogP) is 3.77. The van der Waals surface area contributed by atoms with Gasteiger partial charge >= 0.3 is 0 Å². The topological polar surface area (TPSA) is 75.7 Å². The lowest BCUT2D eigenvalue weighted by Gasteiger charge is -2.19. The number of nitrogens with zero attached hydrogens (tertiary/aromatic N) is 1. The Balaban J connectivity index is 1.63. The van der Waals surface area contributed by atoms with E-state index >= 15 is 0 Å². The van der Waals surface area contributed by atoms with Crippen molar-refractivity contribution in [3.63, 3.8) is 0 Å². The summed E-state index contributed by atoms with van der Waals surface area (Å²) in [6, 6.07) is 18.4. The molecule has 3 rings (SSSR count). The summed E-state index contributed by atoms with van der Waals surface area (Å²) in [5, 5.41) is 2.71. The van der Waals surface area contributed by atoms with Crippen LogP contribution in [0.3, 0.4) is 0 Å². The van der Waals surface area contributed by atoms with E-state index in [-0.39, 0.29) is 23.6 Å². The Kier molecular flexibility index (Phi) is 6.91. The van der Waals surface area contributed by atoms with Gasteiger partial charge in [-0.15, -0.1) is 0 Å². The molecular formula is C23H23FN2O4S. The first kappa shape index (κ1) is 22.3. The molecule has 0 unspecified atom stereocenters. The van der Waals surface area contributed by atoms with E-state index in [9.17, 15) is 17.6 Å². The molecular weight excluding hydrogens is 419 g/mol. The van der Waals surface area contributed by atoms with E-state index in [1.165, 1.54) is 55.6 Å². The lowest BCUT2D eigenvalue weighted by molar-refractivity contribution is 0.0946. The second-order valence-corrected chi connectivity index (χ2v) is 8.86. The molecule has 0 aromatic heterocycles. The smallest absolute Gasteiger partial charge is 0.264 e. The molecule has 0 aliphatic rings. The number of benzene rings is 3. The quantitative estimate of drug-likeness (QED) is 0.539. The van der Waals surface area contributed by atoms with E-state index in [1.54, 1.807) is 0 Å². The van der Waals surface area contributed by atoms with E-state index in [0.29, 0.717) is 11.4 Å². The first-order chi connectivity index (χ1) is 14.8. The summed E-state index contributed by atoms with van der Waals surface area (Å²) in [5.41, 5.74) is 1.65. The highest BCUT2D eigenvalue weighted by Crippen LogP contribution is 2.23. The van der Waals surface area contributed by atoms with Gasteiger partial charge in [-0.2, -0.15) is 0 Å². The summed E-state index contributed by atoms with van der Waals surface area (Å²) in [6.45, 7) is 2.52. The fourth-order valence-electron chi connectivity index (χ4n) is 2.82. The van der Waals surface area contributed by atoms with Crippen molar-refractivity contribution >= 4 is 21.6 Å². The Bertz CT molecular complexity index is 1150. The third kappa shape index (κ3) is 5.61. The molecule has 31 heavy (non-hydrogen) atoms.